The molecule has 170 valence electrons. The third kappa shape index (κ3) is 2.07. The molecular formula is C35H20N2. The second kappa shape index (κ2) is 6.11. The fraction of sp³-hybridized carbons (Fsp3) is 0.0286. The van der Waals surface area contributed by atoms with E-state index in [2.05, 4.69) is 118 Å². The van der Waals surface area contributed by atoms with Crippen LogP contribution in [0.15, 0.2) is 109 Å². The van der Waals surface area contributed by atoms with Crippen molar-refractivity contribution >= 4 is 70.7 Å². The number of para-hydroxylation sites is 4. The lowest BCUT2D eigenvalue weighted by molar-refractivity contribution is 1.04. The fourth-order valence-electron chi connectivity index (χ4n) is 7.28. The summed E-state index contributed by atoms with van der Waals surface area (Å²) in [6.07, 6.45) is 0.991. The standard InChI is InChI=1S/C35H20N2/c1-3-13-30-20(7-1)15-21-8-5-10-26-28-16-22-19-33-29(17-23(22)18-32(28)36(30)34(21)26)27-12-6-11-25-24-9-2-4-14-31(24)37(33)35(25)27/h1-14,16-19H,15H2. The van der Waals surface area contributed by atoms with Gasteiger partial charge in [-0.15, -0.1) is 0 Å². The summed E-state index contributed by atoms with van der Waals surface area (Å²) in [5.41, 5.74) is 10.7. The average molecular weight is 469 g/mol. The molecule has 3 aromatic heterocycles. The van der Waals surface area contributed by atoms with E-state index >= 15 is 0 Å². The molecule has 0 atom stereocenters. The van der Waals surface area contributed by atoms with E-state index in [-0.39, 0.29) is 0 Å². The molecule has 0 spiro atoms. The summed E-state index contributed by atoms with van der Waals surface area (Å²) in [7, 11) is 0. The number of aromatic nitrogens is 2. The highest BCUT2D eigenvalue weighted by Crippen LogP contribution is 2.43. The Balaban J connectivity index is 1.41. The molecule has 0 saturated heterocycles. The molecule has 0 aliphatic carbocycles. The normalized spacial score (nSPS) is 13.3. The van der Waals surface area contributed by atoms with Crippen molar-refractivity contribution in [2.45, 2.75) is 6.42 Å². The van der Waals surface area contributed by atoms with Crippen molar-refractivity contribution in [1.29, 1.82) is 0 Å². The van der Waals surface area contributed by atoms with E-state index in [0.29, 0.717) is 0 Å². The predicted molar refractivity (Wildman–Crippen MR) is 156 cm³/mol. The molecule has 1 aliphatic heterocycles. The highest BCUT2D eigenvalue weighted by Gasteiger charge is 2.23. The van der Waals surface area contributed by atoms with Crippen molar-refractivity contribution in [2.24, 2.45) is 0 Å². The molecule has 0 unspecified atom stereocenters. The Morgan fingerprint density at radius 1 is 0.432 bits per heavy atom. The first-order valence-electron chi connectivity index (χ1n) is 13.0. The van der Waals surface area contributed by atoms with Gasteiger partial charge in [0.1, 0.15) is 0 Å². The lowest BCUT2D eigenvalue weighted by atomic mass is 9.97. The Morgan fingerprint density at radius 3 is 1.95 bits per heavy atom. The SMILES string of the molecule is c1ccc2c(c1)Cc1cccc3c4cc5cc6c(cc5cc4n-2c13)c1cccc2c3ccccc3n6c21. The Bertz CT molecular complexity index is 2430. The molecule has 0 amide bonds. The van der Waals surface area contributed by atoms with Crippen LogP contribution in [0.3, 0.4) is 0 Å². The Hall–Kier alpha value is -4.82. The number of hydrogen-bond donors (Lipinski definition) is 0. The monoisotopic (exact) mass is 468 g/mol. The molecular weight excluding hydrogens is 448 g/mol. The minimum Gasteiger partial charge on any atom is -0.309 e. The van der Waals surface area contributed by atoms with Crippen molar-refractivity contribution in [3.63, 3.8) is 0 Å². The first kappa shape index (κ1) is 18.4. The van der Waals surface area contributed by atoms with Crippen LogP contribution in [0.4, 0.5) is 0 Å². The Labute approximate surface area is 211 Å². The van der Waals surface area contributed by atoms with E-state index < -0.39 is 0 Å². The first-order valence-corrected chi connectivity index (χ1v) is 13.0. The van der Waals surface area contributed by atoms with Gasteiger partial charge in [-0.25, -0.2) is 0 Å². The van der Waals surface area contributed by atoms with Crippen LogP contribution in [0.25, 0.3) is 76.4 Å². The summed E-state index contributed by atoms with van der Waals surface area (Å²) >= 11 is 0. The van der Waals surface area contributed by atoms with E-state index in [1.54, 1.807) is 0 Å². The van der Waals surface area contributed by atoms with Gasteiger partial charge in [-0.2, -0.15) is 0 Å². The molecule has 10 rings (SSSR count). The summed E-state index contributed by atoms with van der Waals surface area (Å²) in [6, 6.07) is 40.9. The van der Waals surface area contributed by atoms with Crippen molar-refractivity contribution in [2.75, 3.05) is 0 Å². The van der Waals surface area contributed by atoms with Gasteiger partial charge in [0.25, 0.3) is 0 Å². The summed E-state index contributed by atoms with van der Waals surface area (Å²) in [5, 5.41) is 10.6. The van der Waals surface area contributed by atoms with Crippen LogP contribution in [-0.2, 0) is 6.42 Å². The van der Waals surface area contributed by atoms with Gasteiger partial charge in [-0.05, 0) is 58.3 Å². The van der Waals surface area contributed by atoms with Crippen molar-refractivity contribution in [3.8, 4) is 5.69 Å². The lowest BCUT2D eigenvalue weighted by Crippen LogP contribution is -2.07. The largest absolute Gasteiger partial charge is 0.309 e. The number of benzene rings is 6. The van der Waals surface area contributed by atoms with Crippen molar-refractivity contribution in [3.05, 3.63) is 120 Å². The minimum atomic E-state index is 0.991. The summed E-state index contributed by atoms with van der Waals surface area (Å²) in [6.45, 7) is 0. The molecule has 2 heteroatoms. The summed E-state index contributed by atoms with van der Waals surface area (Å²) in [4.78, 5) is 0. The van der Waals surface area contributed by atoms with Gasteiger partial charge < -0.3 is 8.97 Å². The smallest absolute Gasteiger partial charge is 0.0620 e. The Morgan fingerprint density at radius 2 is 1.05 bits per heavy atom. The van der Waals surface area contributed by atoms with Gasteiger partial charge in [0.2, 0.25) is 0 Å². The molecule has 1 aliphatic rings. The molecule has 9 aromatic rings. The van der Waals surface area contributed by atoms with E-state index in [9.17, 15) is 0 Å². The predicted octanol–water partition coefficient (Wildman–Crippen LogP) is 8.99. The van der Waals surface area contributed by atoms with Crippen molar-refractivity contribution in [1.82, 2.24) is 8.97 Å². The average Bonchev–Trinajstić information content (AvgIpc) is 3.57. The third-order valence-electron chi connectivity index (χ3n) is 8.78. The zero-order chi connectivity index (χ0) is 23.8. The third-order valence-corrected chi connectivity index (χ3v) is 8.78. The molecule has 6 aromatic carbocycles. The van der Waals surface area contributed by atoms with Crippen LogP contribution in [0.2, 0.25) is 0 Å². The van der Waals surface area contributed by atoms with E-state index in [1.807, 2.05) is 0 Å². The fourth-order valence-corrected chi connectivity index (χ4v) is 7.28. The molecule has 0 fully saturated rings. The zero-order valence-corrected chi connectivity index (χ0v) is 20.0. The van der Waals surface area contributed by atoms with Crippen molar-refractivity contribution < 1.29 is 0 Å². The van der Waals surface area contributed by atoms with Gasteiger partial charge >= 0.3 is 0 Å². The number of fused-ring (bicyclic) bond motifs is 12. The van der Waals surface area contributed by atoms with Crippen LogP contribution in [0.5, 0.6) is 0 Å². The van der Waals surface area contributed by atoms with Gasteiger partial charge in [0.15, 0.2) is 0 Å². The Kier molecular flexibility index (Phi) is 3.05. The quantitative estimate of drug-likeness (QED) is 0.210. The van der Waals surface area contributed by atoms with E-state index in [0.717, 1.165) is 6.42 Å². The maximum Gasteiger partial charge on any atom is 0.0620 e. The maximum absolute atomic E-state index is 2.50. The van der Waals surface area contributed by atoms with Crippen LogP contribution >= 0.6 is 0 Å². The van der Waals surface area contributed by atoms with Gasteiger partial charge in [-0.1, -0.05) is 72.8 Å². The van der Waals surface area contributed by atoms with Crippen LogP contribution in [-0.4, -0.2) is 8.97 Å². The second-order valence-electron chi connectivity index (χ2n) is 10.6. The van der Waals surface area contributed by atoms with Gasteiger partial charge in [-0.3, -0.25) is 0 Å². The lowest BCUT2D eigenvalue weighted by Gasteiger charge is -2.20. The highest BCUT2D eigenvalue weighted by atomic mass is 15.0. The van der Waals surface area contributed by atoms with Gasteiger partial charge in [0.05, 0.1) is 27.6 Å². The minimum absolute atomic E-state index is 0.991. The second-order valence-corrected chi connectivity index (χ2v) is 10.6. The first-order chi connectivity index (χ1) is 18.3. The van der Waals surface area contributed by atoms with Gasteiger partial charge in [0, 0.05) is 44.4 Å². The van der Waals surface area contributed by atoms with Crippen LogP contribution < -0.4 is 0 Å². The zero-order valence-electron chi connectivity index (χ0n) is 20.0. The van der Waals surface area contributed by atoms with Crippen LogP contribution in [0, 0.1) is 0 Å². The molecule has 0 bridgehead atoms. The molecule has 0 N–H and O–H groups in total. The number of rotatable bonds is 0. The molecule has 4 heterocycles. The molecule has 2 nitrogen and oxygen atoms in total. The van der Waals surface area contributed by atoms with E-state index in [1.165, 1.54) is 87.5 Å². The maximum atomic E-state index is 2.50. The molecule has 37 heavy (non-hydrogen) atoms. The summed E-state index contributed by atoms with van der Waals surface area (Å²) in [5.74, 6) is 0. The topological polar surface area (TPSA) is 9.34 Å². The molecule has 0 saturated carbocycles. The van der Waals surface area contributed by atoms with Crippen LogP contribution in [0.1, 0.15) is 11.1 Å². The molecule has 0 radical (unpaired) electrons. The van der Waals surface area contributed by atoms with E-state index in [4.69, 9.17) is 0 Å². The number of hydrogen-bond acceptors (Lipinski definition) is 0. The summed E-state index contributed by atoms with van der Waals surface area (Å²) < 4.78 is 4.98. The number of nitrogens with zero attached hydrogens (tertiary/aromatic N) is 2. The highest BCUT2D eigenvalue weighted by molar-refractivity contribution is 6.25.